The fourth-order valence-electron chi connectivity index (χ4n) is 1.61. The largest absolute Gasteiger partial charge is 0.297 e. The van der Waals surface area contributed by atoms with E-state index < -0.39 is 0 Å². The van der Waals surface area contributed by atoms with E-state index in [1.54, 1.807) is 17.1 Å². The summed E-state index contributed by atoms with van der Waals surface area (Å²) in [5, 5.41) is 4.14. The Balaban J connectivity index is 2.27. The average molecular weight is 199 g/mol. The minimum absolute atomic E-state index is 0.844. The van der Waals surface area contributed by atoms with E-state index in [0.717, 1.165) is 16.9 Å². The molecule has 0 aliphatic rings. The zero-order valence-corrected chi connectivity index (χ0v) is 8.20. The van der Waals surface area contributed by atoms with Crippen LogP contribution < -0.4 is 0 Å². The van der Waals surface area contributed by atoms with Gasteiger partial charge in [-0.05, 0) is 0 Å². The first-order valence-corrected chi connectivity index (χ1v) is 4.61. The molecule has 74 valence electrons. The lowest BCUT2D eigenvalue weighted by atomic mass is 10.3. The summed E-state index contributed by atoms with van der Waals surface area (Å²) in [6.07, 6.45) is 11.0. The molecule has 3 heterocycles. The van der Waals surface area contributed by atoms with E-state index in [0.29, 0.717) is 0 Å². The van der Waals surface area contributed by atoms with Gasteiger partial charge in [0.1, 0.15) is 0 Å². The lowest BCUT2D eigenvalue weighted by molar-refractivity contribution is 0.768. The molecule has 3 rings (SSSR count). The number of nitrogens with zero attached hydrogens (tertiary/aromatic N) is 5. The van der Waals surface area contributed by atoms with E-state index in [-0.39, 0.29) is 0 Å². The Morgan fingerprint density at radius 1 is 1.20 bits per heavy atom. The van der Waals surface area contributed by atoms with Crippen LogP contribution in [0, 0.1) is 0 Å². The highest BCUT2D eigenvalue weighted by molar-refractivity contribution is 5.61. The number of aromatic nitrogens is 5. The summed E-state index contributed by atoms with van der Waals surface area (Å²) in [7, 11) is 1.90. The quantitative estimate of drug-likeness (QED) is 0.590. The van der Waals surface area contributed by atoms with Crippen LogP contribution in [-0.4, -0.2) is 24.1 Å². The molecule has 5 nitrogen and oxygen atoms in total. The molecule has 0 atom stereocenters. The second-order valence-electron chi connectivity index (χ2n) is 3.35. The third-order valence-electron chi connectivity index (χ3n) is 2.32. The summed E-state index contributed by atoms with van der Waals surface area (Å²) in [6.45, 7) is 0. The van der Waals surface area contributed by atoms with Gasteiger partial charge in [-0.2, -0.15) is 5.10 Å². The van der Waals surface area contributed by atoms with Crippen LogP contribution in [0.2, 0.25) is 0 Å². The first kappa shape index (κ1) is 8.16. The molecule has 0 aliphatic heterocycles. The van der Waals surface area contributed by atoms with Crippen molar-refractivity contribution in [1.82, 2.24) is 24.1 Å². The molecule has 0 unspecified atom stereocenters. The molecule has 0 bridgehead atoms. The Bertz CT molecular complexity index is 607. The van der Waals surface area contributed by atoms with Gasteiger partial charge in [0.15, 0.2) is 5.65 Å². The molecular formula is C10H9N5. The predicted octanol–water partition coefficient (Wildman–Crippen LogP) is 1.13. The molecular weight excluding hydrogens is 190 g/mol. The molecule has 0 aromatic carbocycles. The van der Waals surface area contributed by atoms with Gasteiger partial charge in [0.2, 0.25) is 0 Å². The summed E-state index contributed by atoms with van der Waals surface area (Å²) in [4.78, 5) is 8.29. The van der Waals surface area contributed by atoms with Crippen LogP contribution in [0.4, 0.5) is 0 Å². The molecule has 0 aliphatic carbocycles. The maximum absolute atomic E-state index is 4.27. The molecule has 0 amide bonds. The van der Waals surface area contributed by atoms with Crippen molar-refractivity contribution in [2.45, 2.75) is 0 Å². The number of aryl methyl sites for hydroxylation is 1. The van der Waals surface area contributed by atoms with Gasteiger partial charge in [-0.1, -0.05) is 0 Å². The van der Waals surface area contributed by atoms with Gasteiger partial charge in [-0.15, -0.1) is 0 Å². The highest BCUT2D eigenvalue weighted by Gasteiger charge is 2.06. The first-order valence-electron chi connectivity index (χ1n) is 4.61. The van der Waals surface area contributed by atoms with Crippen LogP contribution in [-0.2, 0) is 7.05 Å². The van der Waals surface area contributed by atoms with Crippen molar-refractivity contribution in [1.29, 1.82) is 0 Å². The van der Waals surface area contributed by atoms with Gasteiger partial charge in [-0.25, -0.2) is 4.98 Å². The van der Waals surface area contributed by atoms with Crippen LogP contribution in [0.25, 0.3) is 16.9 Å². The second-order valence-corrected chi connectivity index (χ2v) is 3.35. The van der Waals surface area contributed by atoms with Gasteiger partial charge >= 0.3 is 0 Å². The van der Waals surface area contributed by atoms with Crippen molar-refractivity contribution >= 4 is 5.65 Å². The van der Waals surface area contributed by atoms with Gasteiger partial charge in [0, 0.05) is 31.2 Å². The Hall–Kier alpha value is -2.17. The van der Waals surface area contributed by atoms with E-state index in [2.05, 4.69) is 15.1 Å². The number of hydrogen-bond acceptors (Lipinski definition) is 3. The Labute approximate surface area is 86.0 Å². The summed E-state index contributed by atoms with van der Waals surface area (Å²) in [6, 6.07) is 0. The molecule has 0 saturated carbocycles. The summed E-state index contributed by atoms with van der Waals surface area (Å²) >= 11 is 0. The van der Waals surface area contributed by atoms with E-state index in [4.69, 9.17) is 0 Å². The predicted molar refractivity (Wildman–Crippen MR) is 55.2 cm³/mol. The SMILES string of the molecule is Cn1cc(-c2cnc3cnccn23)cn1. The minimum atomic E-state index is 0.844. The van der Waals surface area contributed by atoms with Crippen LogP contribution >= 0.6 is 0 Å². The number of fused-ring (bicyclic) bond motifs is 1. The normalized spacial score (nSPS) is 11.0. The second kappa shape index (κ2) is 2.91. The van der Waals surface area contributed by atoms with Gasteiger partial charge in [0.05, 0.1) is 24.3 Å². The average Bonchev–Trinajstić information content (AvgIpc) is 2.83. The van der Waals surface area contributed by atoms with Crippen molar-refractivity contribution in [2.24, 2.45) is 7.05 Å². The summed E-state index contributed by atoms with van der Waals surface area (Å²) in [5.41, 5.74) is 2.92. The fourth-order valence-corrected chi connectivity index (χ4v) is 1.61. The summed E-state index contributed by atoms with van der Waals surface area (Å²) < 4.78 is 3.76. The van der Waals surface area contributed by atoms with Crippen molar-refractivity contribution < 1.29 is 0 Å². The summed E-state index contributed by atoms with van der Waals surface area (Å²) in [5.74, 6) is 0. The number of rotatable bonds is 1. The zero-order valence-electron chi connectivity index (χ0n) is 8.20. The lowest BCUT2D eigenvalue weighted by Crippen LogP contribution is -1.87. The van der Waals surface area contributed by atoms with E-state index in [1.165, 1.54) is 0 Å². The molecule has 0 radical (unpaired) electrons. The molecule has 0 N–H and O–H groups in total. The van der Waals surface area contributed by atoms with Crippen molar-refractivity contribution in [2.75, 3.05) is 0 Å². The topological polar surface area (TPSA) is 48.0 Å². The standard InChI is InChI=1S/C10H9N5/c1-14-7-8(4-13-14)9-5-12-10-6-11-2-3-15(9)10/h2-7H,1H3. The molecule has 15 heavy (non-hydrogen) atoms. The molecule has 0 saturated heterocycles. The molecule has 5 heteroatoms. The maximum Gasteiger partial charge on any atom is 0.155 e. The van der Waals surface area contributed by atoms with Crippen LogP contribution in [0.1, 0.15) is 0 Å². The first-order chi connectivity index (χ1) is 7.34. The molecule has 0 spiro atoms. The third-order valence-corrected chi connectivity index (χ3v) is 2.32. The Morgan fingerprint density at radius 2 is 2.13 bits per heavy atom. The smallest absolute Gasteiger partial charge is 0.155 e. The van der Waals surface area contributed by atoms with Gasteiger partial charge < -0.3 is 0 Å². The van der Waals surface area contributed by atoms with Gasteiger partial charge in [-0.3, -0.25) is 14.1 Å². The highest BCUT2D eigenvalue weighted by Crippen LogP contribution is 2.18. The van der Waals surface area contributed by atoms with Crippen molar-refractivity contribution in [3.05, 3.63) is 37.2 Å². The molecule has 0 fully saturated rings. The van der Waals surface area contributed by atoms with Crippen LogP contribution in [0.3, 0.4) is 0 Å². The molecule has 3 aromatic rings. The van der Waals surface area contributed by atoms with E-state index >= 15 is 0 Å². The number of hydrogen-bond donors (Lipinski definition) is 0. The van der Waals surface area contributed by atoms with Crippen molar-refractivity contribution in [3.63, 3.8) is 0 Å². The van der Waals surface area contributed by atoms with Crippen LogP contribution in [0.15, 0.2) is 37.2 Å². The molecule has 3 aromatic heterocycles. The Kier molecular flexibility index (Phi) is 1.58. The lowest BCUT2D eigenvalue weighted by Gasteiger charge is -1.96. The fraction of sp³-hybridized carbons (Fsp3) is 0.100. The minimum Gasteiger partial charge on any atom is -0.297 e. The van der Waals surface area contributed by atoms with Gasteiger partial charge in [0.25, 0.3) is 0 Å². The van der Waals surface area contributed by atoms with Crippen molar-refractivity contribution in [3.8, 4) is 11.3 Å². The van der Waals surface area contributed by atoms with Crippen LogP contribution in [0.5, 0.6) is 0 Å². The third kappa shape index (κ3) is 1.20. The number of imidazole rings is 1. The van der Waals surface area contributed by atoms with E-state index in [9.17, 15) is 0 Å². The Morgan fingerprint density at radius 3 is 2.93 bits per heavy atom. The van der Waals surface area contributed by atoms with E-state index in [1.807, 2.05) is 36.2 Å². The maximum atomic E-state index is 4.27. The zero-order chi connectivity index (χ0) is 10.3. The monoisotopic (exact) mass is 199 g/mol. The highest BCUT2D eigenvalue weighted by atomic mass is 15.2.